The van der Waals surface area contributed by atoms with Gasteiger partial charge in [0.05, 0.1) is 12.1 Å². The quantitative estimate of drug-likeness (QED) is 0.595. The Morgan fingerprint density at radius 2 is 2.27 bits per heavy atom. The van der Waals surface area contributed by atoms with Crippen LogP contribution < -0.4 is 16.4 Å². The number of ether oxygens (including phenoxy) is 1. The van der Waals surface area contributed by atoms with E-state index in [2.05, 4.69) is 10.6 Å². The summed E-state index contributed by atoms with van der Waals surface area (Å²) in [5.41, 5.74) is 5.96. The Morgan fingerprint density at radius 3 is 2.93 bits per heavy atom. The van der Waals surface area contributed by atoms with Crippen molar-refractivity contribution in [1.29, 1.82) is 0 Å². The molecular weight excluding hydrogens is 194 g/mol. The summed E-state index contributed by atoms with van der Waals surface area (Å²) in [6.07, 6.45) is 1.16. The van der Waals surface area contributed by atoms with Crippen molar-refractivity contribution < 1.29 is 9.53 Å². The molecule has 1 saturated carbocycles. The van der Waals surface area contributed by atoms with E-state index in [-0.39, 0.29) is 30.3 Å². The SMILES string of the molecule is CC(C)NC(=O)NC1C(N)C2CCOC21. The van der Waals surface area contributed by atoms with Gasteiger partial charge in [0.15, 0.2) is 0 Å². The van der Waals surface area contributed by atoms with Crippen molar-refractivity contribution in [2.24, 2.45) is 11.7 Å². The first-order chi connectivity index (χ1) is 7.09. The van der Waals surface area contributed by atoms with Gasteiger partial charge in [-0.25, -0.2) is 4.79 Å². The molecule has 4 unspecified atom stereocenters. The predicted octanol–water partition coefficient (Wildman–Crippen LogP) is -0.191. The molecule has 1 saturated heterocycles. The van der Waals surface area contributed by atoms with Crippen molar-refractivity contribution in [1.82, 2.24) is 10.6 Å². The lowest BCUT2D eigenvalue weighted by Gasteiger charge is -2.45. The average molecular weight is 213 g/mol. The van der Waals surface area contributed by atoms with Gasteiger partial charge in [-0.05, 0) is 20.3 Å². The number of hydrogen-bond acceptors (Lipinski definition) is 3. The maximum Gasteiger partial charge on any atom is 0.315 e. The lowest BCUT2D eigenvalue weighted by molar-refractivity contribution is -0.0135. The first kappa shape index (κ1) is 10.7. The molecular formula is C10H19N3O2. The zero-order chi connectivity index (χ0) is 11.0. The predicted molar refractivity (Wildman–Crippen MR) is 56.4 cm³/mol. The van der Waals surface area contributed by atoms with Crippen LogP contribution in [0.4, 0.5) is 4.79 Å². The minimum absolute atomic E-state index is 0.0174. The van der Waals surface area contributed by atoms with Crippen LogP contribution in [0.3, 0.4) is 0 Å². The summed E-state index contributed by atoms with van der Waals surface area (Å²) in [6, 6.07) is 0.0210. The first-order valence-corrected chi connectivity index (χ1v) is 5.54. The molecule has 2 fully saturated rings. The highest BCUT2D eigenvalue weighted by atomic mass is 16.5. The Labute approximate surface area is 89.7 Å². The number of carbonyl (C=O) groups excluding carboxylic acids is 1. The monoisotopic (exact) mass is 213 g/mol. The average Bonchev–Trinajstić information content (AvgIpc) is 2.57. The van der Waals surface area contributed by atoms with Crippen LogP contribution in [-0.2, 0) is 4.74 Å². The van der Waals surface area contributed by atoms with Gasteiger partial charge in [-0.15, -0.1) is 0 Å². The van der Waals surface area contributed by atoms with Crippen molar-refractivity contribution >= 4 is 6.03 Å². The Bertz CT molecular complexity index is 257. The Kier molecular flexibility index (Phi) is 2.84. The highest BCUT2D eigenvalue weighted by Crippen LogP contribution is 2.37. The normalized spacial score (nSPS) is 38.4. The van der Waals surface area contributed by atoms with E-state index in [1.807, 2.05) is 13.8 Å². The first-order valence-electron chi connectivity index (χ1n) is 5.54. The largest absolute Gasteiger partial charge is 0.376 e. The molecule has 15 heavy (non-hydrogen) atoms. The second-order valence-electron chi connectivity index (χ2n) is 4.66. The molecule has 4 atom stereocenters. The fourth-order valence-corrected chi connectivity index (χ4v) is 2.38. The number of fused-ring (bicyclic) bond motifs is 1. The van der Waals surface area contributed by atoms with E-state index >= 15 is 0 Å². The van der Waals surface area contributed by atoms with E-state index < -0.39 is 0 Å². The molecule has 0 bridgehead atoms. The molecule has 0 radical (unpaired) electrons. The molecule has 1 aliphatic carbocycles. The Morgan fingerprint density at radius 1 is 1.53 bits per heavy atom. The second kappa shape index (κ2) is 3.98. The summed E-state index contributed by atoms with van der Waals surface area (Å²) in [4.78, 5) is 11.5. The summed E-state index contributed by atoms with van der Waals surface area (Å²) in [5, 5.41) is 5.65. The molecule has 86 valence electrons. The van der Waals surface area contributed by atoms with Gasteiger partial charge in [0.1, 0.15) is 0 Å². The minimum Gasteiger partial charge on any atom is -0.376 e. The van der Waals surface area contributed by atoms with Gasteiger partial charge in [-0.1, -0.05) is 0 Å². The molecule has 2 amide bonds. The van der Waals surface area contributed by atoms with Crippen molar-refractivity contribution in [3.05, 3.63) is 0 Å². The number of urea groups is 1. The molecule has 1 aliphatic heterocycles. The van der Waals surface area contributed by atoms with Crippen LogP contribution in [0, 0.1) is 5.92 Å². The van der Waals surface area contributed by atoms with Crippen LogP contribution in [0.25, 0.3) is 0 Å². The van der Waals surface area contributed by atoms with Gasteiger partial charge in [0.25, 0.3) is 0 Å². The van der Waals surface area contributed by atoms with Crippen LogP contribution in [0.5, 0.6) is 0 Å². The highest BCUT2D eigenvalue weighted by molar-refractivity contribution is 5.74. The molecule has 1 heterocycles. The summed E-state index contributed by atoms with van der Waals surface area (Å²) in [7, 11) is 0. The zero-order valence-corrected chi connectivity index (χ0v) is 9.19. The van der Waals surface area contributed by atoms with Crippen molar-refractivity contribution in [3.8, 4) is 0 Å². The standard InChI is InChI=1S/C10H19N3O2/c1-5(2)12-10(14)13-8-7(11)6-3-4-15-9(6)8/h5-9H,3-4,11H2,1-2H3,(H2,12,13,14). The fraction of sp³-hybridized carbons (Fsp3) is 0.900. The topological polar surface area (TPSA) is 76.4 Å². The number of carbonyl (C=O) groups is 1. The van der Waals surface area contributed by atoms with Crippen LogP contribution >= 0.6 is 0 Å². The van der Waals surface area contributed by atoms with E-state index in [1.54, 1.807) is 0 Å². The molecule has 5 nitrogen and oxygen atoms in total. The summed E-state index contributed by atoms with van der Waals surface area (Å²) >= 11 is 0. The molecule has 0 aromatic carbocycles. The highest BCUT2D eigenvalue weighted by Gasteiger charge is 2.52. The maximum absolute atomic E-state index is 11.5. The van der Waals surface area contributed by atoms with E-state index in [0.29, 0.717) is 5.92 Å². The summed E-state index contributed by atoms with van der Waals surface area (Å²) in [6.45, 7) is 4.62. The number of rotatable bonds is 2. The molecule has 0 aromatic heterocycles. The third kappa shape index (κ3) is 1.94. The third-order valence-corrected chi connectivity index (χ3v) is 3.16. The van der Waals surface area contributed by atoms with Gasteiger partial charge in [0, 0.05) is 24.6 Å². The van der Waals surface area contributed by atoms with Crippen LogP contribution in [0.15, 0.2) is 0 Å². The molecule has 2 rings (SSSR count). The van der Waals surface area contributed by atoms with E-state index in [9.17, 15) is 4.79 Å². The lowest BCUT2D eigenvalue weighted by atomic mass is 9.72. The smallest absolute Gasteiger partial charge is 0.315 e. The van der Waals surface area contributed by atoms with Crippen molar-refractivity contribution in [3.63, 3.8) is 0 Å². The molecule has 0 aromatic rings. The van der Waals surface area contributed by atoms with Crippen molar-refractivity contribution in [2.45, 2.75) is 44.5 Å². The maximum atomic E-state index is 11.5. The number of amides is 2. The lowest BCUT2D eigenvalue weighted by Crippen LogP contribution is -2.70. The Balaban J connectivity index is 1.82. The number of nitrogens with two attached hydrogens (primary N) is 1. The molecule has 5 heteroatoms. The second-order valence-corrected chi connectivity index (χ2v) is 4.66. The summed E-state index contributed by atoms with van der Waals surface area (Å²) in [5.74, 6) is 0.439. The minimum atomic E-state index is -0.153. The molecule has 4 N–H and O–H groups in total. The zero-order valence-electron chi connectivity index (χ0n) is 9.19. The molecule has 0 spiro atoms. The van der Waals surface area contributed by atoms with E-state index in [0.717, 1.165) is 13.0 Å². The van der Waals surface area contributed by atoms with Crippen molar-refractivity contribution in [2.75, 3.05) is 6.61 Å². The van der Waals surface area contributed by atoms with Gasteiger partial charge in [-0.3, -0.25) is 0 Å². The van der Waals surface area contributed by atoms with Gasteiger partial charge < -0.3 is 21.1 Å². The van der Waals surface area contributed by atoms with Crippen LogP contribution in [-0.4, -0.2) is 36.9 Å². The Hall–Kier alpha value is -0.810. The number of nitrogens with one attached hydrogen (secondary N) is 2. The fourth-order valence-electron chi connectivity index (χ4n) is 2.38. The van der Waals surface area contributed by atoms with E-state index in [1.165, 1.54) is 0 Å². The number of hydrogen-bond donors (Lipinski definition) is 3. The van der Waals surface area contributed by atoms with Gasteiger partial charge >= 0.3 is 6.03 Å². The summed E-state index contributed by atoms with van der Waals surface area (Å²) < 4.78 is 5.52. The van der Waals surface area contributed by atoms with Gasteiger partial charge in [-0.2, -0.15) is 0 Å². The third-order valence-electron chi connectivity index (χ3n) is 3.16. The van der Waals surface area contributed by atoms with E-state index in [4.69, 9.17) is 10.5 Å². The van der Waals surface area contributed by atoms with Crippen LogP contribution in [0.2, 0.25) is 0 Å². The van der Waals surface area contributed by atoms with Crippen LogP contribution in [0.1, 0.15) is 20.3 Å². The van der Waals surface area contributed by atoms with Gasteiger partial charge in [0.2, 0.25) is 0 Å². The molecule has 2 aliphatic rings.